The molecular formula is C13H15N3O2S. The Morgan fingerprint density at radius 1 is 1.37 bits per heavy atom. The third-order valence-electron chi connectivity index (χ3n) is 2.98. The van der Waals surface area contributed by atoms with Crippen LogP contribution in [0.15, 0.2) is 24.3 Å². The van der Waals surface area contributed by atoms with Crippen LogP contribution in [0.25, 0.3) is 0 Å². The highest BCUT2D eigenvalue weighted by molar-refractivity contribution is 7.80. The molecule has 2 amide bonds. The molecule has 1 aliphatic rings. The highest BCUT2D eigenvalue weighted by Crippen LogP contribution is 2.07. The largest absolute Gasteiger partial charge is 0.389 e. The van der Waals surface area contributed by atoms with Crippen molar-refractivity contribution in [3.8, 4) is 0 Å². The molecule has 0 aromatic heterocycles. The first-order valence-electron chi connectivity index (χ1n) is 5.99. The Balaban J connectivity index is 1.98. The second kappa shape index (κ2) is 5.79. The van der Waals surface area contributed by atoms with Crippen LogP contribution in [0.2, 0.25) is 0 Å². The van der Waals surface area contributed by atoms with Crippen LogP contribution in [-0.2, 0) is 16.0 Å². The van der Waals surface area contributed by atoms with Crippen molar-refractivity contribution < 1.29 is 9.59 Å². The van der Waals surface area contributed by atoms with E-state index in [0.717, 1.165) is 11.1 Å². The molecule has 19 heavy (non-hydrogen) atoms. The Hall–Kier alpha value is -1.95. The molecule has 0 atom stereocenters. The second-order valence-corrected chi connectivity index (χ2v) is 4.84. The molecule has 1 fully saturated rings. The molecule has 0 radical (unpaired) electrons. The fraction of sp³-hybridized carbons (Fsp3) is 0.308. The standard InChI is InChI=1S/C13H15N3O2S/c14-13(19)10-3-1-9(2-4-10)7-12(18)16-6-5-15-11(17)8-16/h1-4H,5-8H2,(H2,14,19)(H,15,17). The topological polar surface area (TPSA) is 75.4 Å². The lowest BCUT2D eigenvalue weighted by atomic mass is 10.1. The summed E-state index contributed by atoms with van der Waals surface area (Å²) in [7, 11) is 0. The normalized spacial score (nSPS) is 14.9. The minimum atomic E-state index is -0.108. The van der Waals surface area contributed by atoms with Crippen molar-refractivity contribution in [2.45, 2.75) is 6.42 Å². The van der Waals surface area contributed by atoms with Gasteiger partial charge in [0.25, 0.3) is 0 Å². The van der Waals surface area contributed by atoms with Crippen molar-refractivity contribution in [3.05, 3.63) is 35.4 Å². The van der Waals surface area contributed by atoms with E-state index in [1.54, 1.807) is 17.0 Å². The van der Waals surface area contributed by atoms with Gasteiger partial charge in [0.2, 0.25) is 11.8 Å². The van der Waals surface area contributed by atoms with E-state index in [1.807, 2.05) is 12.1 Å². The molecule has 1 saturated heterocycles. The maximum atomic E-state index is 12.0. The molecule has 1 heterocycles. The summed E-state index contributed by atoms with van der Waals surface area (Å²) in [6.45, 7) is 1.23. The van der Waals surface area contributed by atoms with Gasteiger partial charge in [0, 0.05) is 18.7 Å². The molecule has 6 heteroatoms. The van der Waals surface area contributed by atoms with Gasteiger partial charge >= 0.3 is 0 Å². The summed E-state index contributed by atoms with van der Waals surface area (Å²) in [6.07, 6.45) is 0.283. The summed E-state index contributed by atoms with van der Waals surface area (Å²) >= 11 is 4.87. The zero-order chi connectivity index (χ0) is 13.8. The third kappa shape index (κ3) is 3.51. The fourth-order valence-electron chi connectivity index (χ4n) is 1.92. The highest BCUT2D eigenvalue weighted by Gasteiger charge is 2.20. The Bertz CT molecular complexity index is 513. The molecular weight excluding hydrogens is 262 g/mol. The number of hydrogen-bond acceptors (Lipinski definition) is 3. The Kier molecular flexibility index (Phi) is 4.11. The number of carbonyl (C=O) groups excluding carboxylic acids is 2. The van der Waals surface area contributed by atoms with Gasteiger partial charge in [-0.05, 0) is 5.56 Å². The molecule has 0 bridgehead atoms. The monoisotopic (exact) mass is 277 g/mol. The molecule has 1 aromatic rings. The summed E-state index contributed by atoms with van der Waals surface area (Å²) in [6, 6.07) is 7.26. The number of piperazine rings is 1. The average Bonchev–Trinajstić information content (AvgIpc) is 2.39. The number of nitrogens with zero attached hydrogens (tertiary/aromatic N) is 1. The molecule has 0 saturated carbocycles. The predicted octanol–water partition coefficient (Wildman–Crippen LogP) is -0.178. The van der Waals surface area contributed by atoms with Crippen molar-refractivity contribution in [2.24, 2.45) is 5.73 Å². The third-order valence-corrected chi connectivity index (χ3v) is 3.22. The van der Waals surface area contributed by atoms with Gasteiger partial charge in [-0.2, -0.15) is 0 Å². The van der Waals surface area contributed by atoms with E-state index >= 15 is 0 Å². The maximum absolute atomic E-state index is 12.0. The number of amides is 2. The Labute approximate surface area is 116 Å². The zero-order valence-corrected chi connectivity index (χ0v) is 11.2. The SMILES string of the molecule is NC(=S)c1ccc(CC(=O)N2CCNC(=O)C2)cc1. The van der Waals surface area contributed by atoms with E-state index in [9.17, 15) is 9.59 Å². The molecule has 5 nitrogen and oxygen atoms in total. The molecule has 1 aromatic carbocycles. The predicted molar refractivity (Wildman–Crippen MR) is 75.6 cm³/mol. The van der Waals surface area contributed by atoms with E-state index in [2.05, 4.69) is 5.32 Å². The molecule has 2 rings (SSSR count). The van der Waals surface area contributed by atoms with Crippen molar-refractivity contribution in [2.75, 3.05) is 19.6 Å². The van der Waals surface area contributed by atoms with Crippen LogP contribution in [0.4, 0.5) is 0 Å². The van der Waals surface area contributed by atoms with Gasteiger partial charge in [-0.15, -0.1) is 0 Å². The smallest absolute Gasteiger partial charge is 0.239 e. The van der Waals surface area contributed by atoms with Crippen molar-refractivity contribution in [3.63, 3.8) is 0 Å². The van der Waals surface area contributed by atoms with Gasteiger partial charge < -0.3 is 16.0 Å². The summed E-state index contributed by atoms with van der Waals surface area (Å²) in [5.41, 5.74) is 7.18. The molecule has 0 unspecified atom stereocenters. The lowest BCUT2D eigenvalue weighted by molar-refractivity contribution is -0.137. The minimum absolute atomic E-state index is 0.0436. The van der Waals surface area contributed by atoms with E-state index in [0.29, 0.717) is 18.1 Å². The number of carbonyl (C=O) groups is 2. The average molecular weight is 277 g/mol. The van der Waals surface area contributed by atoms with Crippen LogP contribution >= 0.6 is 12.2 Å². The first kappa shape index (κ1) is 13.5. The number of benzene rings is 1. The first-order valence-corrected chi connectivity index (χ1v) is 6.40. The van der Waals surface area contributed by atoms with Crippen molar-refractivity contribution in [1.29, 1.82) is 0 Å². The Morgan fingerprint density at radius 2 is 2.05 bits per heavy atom. The molecule has 0 aliphatic carbocycles. The van der Waals surface area contributed by atoms with E-state index in [-0.39, 0.29) is 24.8 Å². The number of nitrogens with two attached hydrogens (primary N) is 1. The van der Waals surface area contributed by atoms with E-state index in [1.165, 1.54) is 0 Å². The van der Waals surface area contributed by atoms with E-state index in [4.69, 9.17) is 18.0 Å². The van der Waals surface area contributed by atoms with Gasteiger partial charge in [-0.25, -0.2) is 0 Å². The molecule has 1 aliphatic heterocycles. The van der Waals surface area contributed by atoms with Crippen LogP contribution in [0.5, 0.6) is 0 Å². The minimum Gasteiger partial charge on any atom is -0.389 e. The van der Waals surface area contributed by atoms with Crippen LogP contribution in [0.3, 0.4) is 0 Å². The molecule has 100 valence electrons. The van der Waals surface area contributed by atoms with Crippen LogP contribution < -0.4 is 11.1 Å². The van der Waals surface area contributed by atoms with Crippen LogP contribution in [0.1, 0.15) is 11.1 Å². The lowest BCUT2D eigenvalue weighted by Gasteiger charge is -2.26. The van der Waals surface area contributed by atoms with Gasteiger partial charge in [0.1, 0.15) is 4.99 Å². The van der Waals surface area contributed by atoms with Crippen LogP contribution in [0, 0.1) is 0 Å². The number of rotatable bonds is 3. The highest BCUT2D eigenvalue weighted by atomic mass is 32.1. The van der Waals surface area contributed by atoms with Crippen molar-refractivity contribution in [1.82, 2.24) is 10.2 Å². The maximum Gasteiger partial charge on any atom is 0.239 e. The Morgan fingerprint density at radius 3 is 2.63 bits per heavy atom. The quantitative estimate of drug-likeness (QED) is 0.752. The molecule has 0 spiro atoms. The molecule has 3 N–H and O–H groups in total. The fourth-order valence-corrected chi connectivity index (χ4v) is 2.06. The number of hydrogen-bond donors (Lipinski definition) is 2. The zero-order valence-electron chi connectivity index (χ0n) is 10.4. The summed E-state index contributed by atoms with van der Waals surface area (Å²) in [5, 5.41) is 2.69. The van der Waals surface area contributed by atoms with Crippen molar-refractivity contribution >= 4 is 29.0 Å². The van der Waals surface area contributed by atoms with Gasteiger partial charge in [-0.3, -0.25) is 9.59 Å². The number of nitrogens with one attached hydrogen (secondary N) is 1. The van der Waals surface area contributed by atoms with Gasteiger partial charge in [0.05, 0.1) is 13.0 Å². The van der Waals surface area contributed by atoms with Crippen LogP contribution in [-0.4, -0.2) is 41.3 Å². The summed E-state index contributed by atoms with van der Waals surface area (Å²) in [5.74, 6) is -0.152. The first-order chi connectivity index (χ1) is 9.06. The van der Waals surface area contributed by atoms with Gasteiger partial charge in [-0.1, -0.05) is 36.5 Å². The lowest BCUT2D eigenvalue weighted by Crippen LogP contribution is -2.50. The van der Waals surface area contributed by atoms with Gasteiger partial charge in [0.15, 0.2) is 0 Å². The number of thiocarbonyl (C=S) groups is 1. The summed E-state index contributed by atoms with van der Waals surface area (Å²) in [4.78, 5) is 25.2. The second-order valence-electron chi connectivity index (χ2n) is 4.40. The summed E-state index contributed by atoms with van der Waals surface area (Å²) < 4.78 is 0. The van der Waals surface area contributed by atoms with E-state index < -0.39 is 0 Å².